The fourth-order valence-corrected chi connectivity index (χ4v) is 2.54. The zero-order valence-electron chi connectivity index (χ0n) is 13.5. The number of methoxy groups -OCH3 is 1. The van der Waals surface area contributed by atoms with Crippen molar-refractivity contribution in [3.8, 4) is 0 Å². The van der Waals surface area contributed by atoms with E-state index in [1.807, 2.05) is 18.2 Å². The van der Waals surface area contributed by atoms with Gasteiger partial charge in [0.1, 0.15) is 11.2 Å². The normalized spacial score (nSPS) is 10.8. The van der Waals surface area contributed by atoms with Gasteiger partial charge in [0.15, 0.2) is 12.2 Å². The lowest BCUT2D eigenvalue weighted by Crippen LogP contribution is -2.08. The van der Waals surface area contributed by atoms with Gasteiger partial charge in [0.2, 0.25) is 5.89 Å². The molecular formula is C17H16N2O5. The lowest BCUT2D eigenvalue weighted by Gasteiger charge is -2.02. The van der Waals surface area contributed by atoms with E-state index >= 15 is 0 Å². The fourth-order valence-electron chi connectivity index (χ4n) is 2.54. The first-order valence-electron chi connectivity index (χ1n) is 7.30. The van der Waals surface area contributed by atoms with Crippen LogP contribution in [0.5, 0.6) is 0 Å². The summed E-state index contributed by atoms with van der Waals surface area (Å²) in [6.07, 6.45) is 0. The number of benzene rings is 1. The SMILES string of the molecule is COC(=O)c1c(C)[nH]c(C(=O)OCc2nc3ccccc3o2)c1C. The Morgan fingerprint density at radius 2 is 1.96 bits per heavy atom. The fraction of sp³-hybridized carbons (Fsp3) is 0.235. The van der Waals surface area contributed by atoms with E-state index in [1.165, 1.54) is 7.11 Å². The molecule has 24 heavy (non-hydrogen) atoms. The molecule has 3 aromatic rings. The van der Waals surface area contributed by atoms with Crippen LogP contribution in [0.2, 0.25) is 0 Å². The molecular weight excluding hydrogens is 312 g/mol. The average Bonchev–Trinajstić information content (AvgIpc) is 3.12. The van der Waals surface area contributed by atoms with Gasteiger partial charge >= 0.3 is 11.9 Å². The summed E-state index contributed by atoms with van der Waals surface area (Å²) in [6.45, 7) is 3.25. The Balaban J connectivity index is 1.76. The lowest BCUT2D eigenvalue weighted by atomic mass is 10.1. The molecule has 0 spiro atoms. The number of ether oxygens (including phenoxy) is 2. The van der Waals surface area contributed by atoms with Crippen molar-refractivity contribution in [2.45, 2.75) is 20.5 Å². The van der Waals surface area contributed by atoms with E-state index in [2.05, 4.69) is 9.97 Å². The third kappa shape index (κ3) is 2.76. The number of carbonyl (C=O) groups is 2. The monoisotopic (exact) mass is 328 g/mol. The average molecular weight is 328 g/mol. The summed E-state index contributed by atoms with van der Waals surface area (Å²) in [6, 6.07) is 7.28. The van der Waals surface area contributed by atoms with Crippen molar-refractivity contribution >= 4 is 23.0 Å². The standard InChI is InChI=1S/C17H16N2O5/c1-9-14(16(20)22-3)10(2)18-15(9)17(21)23-8-13-19-11-6-4-5-7-12(11)24-13/h4-7,18H,8H2,1-3H3. The first-order valence-corrected chi connectivity index (χ1v) is 7.30. The van der Waals surface area contributed by atoms with Crippen LogP contribution in [-0.2, 0) is 16.1 Å². The van der Waals surface area contributed by atoms with E-state index < -0.39 is 11.9 Å². The van der Waals surface area contributed by atoms with E-state index in [0.717, 1.165) is 0 Å². The van der Waals surface area contributed by atoms with Gasteiger partial charge in [0.25, 0.3) is 0 Å². The highest BCUT2D eigenvalue weighted by molar-refractivity contribution is 5.98. The second kappa shape index (κ2) is 6.19. The van der Waals surface area contributed by atoms with Crippen LogP contribution >= 0.6 is 0 Å². The van der Waals surface area contributed by atoms with Gasteiger partial charge in [-0.1, -0.05) is 12.1 Å². The minimum atomic E-state index is -0.590. The zero-order chi connectivity index (χ0) is 17.3. The molecule has 2 aromatic heterocycles. The number of aryl methyl sites for hydroxylation is 1. The predicted molar refractivity (Wildman–Crippen MR) is 84.7 cm³/mol. The Labute approximate surface area is 137 Å². The largest absolute Gasteiger partial charge is 0.465 e. The molecule has 0 unspecified atom stereocenters. The molecule has 0 saturated carbocycles. The molecule has 0 atom stereocenters. The van der Waals surface area contributed by atoms with Gasteiger partial charge in [0, 0.05) is 5.69 Å². The molecule has 7 nitrogen and oxygen atoms in total. The smallest absolute Gasteiger partial charge is 0.355 e. The van der Waals surface area contributed by atoms with Crippen LogP contribution in [0.4, 0.5) is 0 Å². The molecule has 7 heteroatoms. The van der Waals surface area contributed by atoms with Crippen LogP contribution in [0.3, 0.4) is 0 Å². The number of rotatable bonds is 4. The lowest BCUT2D eigenvalue weighted by molar-refractivity contribution is 0.0433. The number of nitrogens with one attached hydrogen (secondary N) is 1. The number of oxazole rings is 1. The highest BCUT2D eigenvalue weighted by atomic mass is 16.5. The maximum absolute atomic E-state index is 12.3. The van der Waals surface area contributed by atoms with Crippen molar-refractivity contribution in [2.24, 2.45) is 0 Å². The summed E-state index contributed by atoms with van der Waals surface area (Å²) in [5.74, 6) is -0.786. The van der Waals surface area contributed by atoms with Gasteiger partial charge in [-0.3, -0.25) is 0 Å². The van der Waals surface area contributed by atoms with Crippen LogP contribution in [0.25, 0.3) is 11.1 Å². The van der Waals surface area contributed by atoms with Crippen LogP contribution in [0.1, 0.15) is 38.0 Å². The number of H-pyrrole nitrogens is 1. The van der Waals surface area contributed by atoms with E-state index in [9.17, 15) is 9.59 Å². The Morgan fingerprint density at radius 1 is 1.21 bits per heavy atom. The van der Waals surface area contributed by atoms with Gasteiger partial charge in [-0.2, -0.15) is 0 Å². The number of hydrogen-bond donors (Lipinski definition) is 1. The van der Waals surface area contributed by atoms with E-state index in [-0.39, 0.29) is 12.3 Å². The third-order valence-corrected chi connectivity index (χ3v) is 3.70. The molecule has 0 radical (unpaired) electrons. The van der Waals surface area contributed by atoms with Crippen molar-refractivity contribution in [3.05, 3.63) is 52.7 Å². The van der Waals surface area contributed by atoms with Crippen molar-refractivity contribution in [2.75, 3.05) is 7.11 Å². The number of para-hydroxylation sites is 2. The predicted octanol–water partition coefficient (Wildman–Crippen LogP) is 2.92. The van der Waals surface area contributed by atoms with E-state index in [4.69, 9.17) is 13.9 Å². The van der Waals surface area contributed by atoms with Crippen LogP contribution in [0, 0.1) is 13.8 Å². The molecule has 3 rings (SSSR count). The molecule has 0 aliphatic carbocycles. The summed E-state index contributed by atoms with van der Waals surface area (Å²) in [7, 11) is 1.29. The van der Waals surface area contributed by atoms with E-state index in [0.29, 0.717) is 33.8 Å². The summed E-state index contributed by atoms with van der Waals surface area (Å²) in [4.78, 5) is 31.1. The molecule has 0 amide bonds. The first-order chi connectivity index (χ1) is 11.5. The summed E-state index contributed by atoms with van der Waals surface area (Å²) < 4.78 is 15.4. The number of nitrogens with zero attached hydrogens (tertiary/aromatic N) is 1. The number of carbonyl (C=O) groups excluding carboxylic acids is 2. The number of hydrogen-bond acceptors (Lipinski definition) is 6. The minimum Gasteiger partial charge on any atom is -0.465 e. The van der Waals surface area contributed by atoms with Crippen molar-refractivity contribution in [1.29, 1.82) is 0 Å². The van der Waals surface area contributed by atoms with Crippen LogP contribution in [0.15, 0.2) is 28.7 Å². The number of aromatic amines is 1. The molecule has 1 aromatic carbocycles. The van der Waals surface area contributed by atoms with Gasteiger partial charge in [-0.25, -0.2) is 14.6 Å². The summed E-state index contributed by atoms with van der Waals surface area (Å²) in [5.41, 5.74) is 2.91. The first kappa shape index (κ1) is 15.8. The zero-order valence-corrected chi connectivity index (χ0v) is 13.5. The maximum Gasteiger partial charge on any atom is 0.355 e. The molecule has 0 aliphatic rings. The Bertz CT molecular complexity index is 889. The summed E-state index contributed by atoms with van der Waals surface area (Å²) in [5, 5.41) is 0. The number of esters is 2. The topological polar surface area (TPSA) is 94.4 Å². The van der Waals surface area contributed by atoms with Gasteiger partial charge in [-0.05, 0) is 31.5 Å². The number of aromatic nitrogens is 2. The molecule has 0 aliphatic heterocycles. The molecule has 0 saturated heterocycles. The quantitative estimate of drug-likeness (QED) is 0.740. The molecule has 0 fully saturated rings. The van der Waals surface area contributed by atoms with Crippen LogP contribution in [-0.4, -0.2) is 29.0 Å². The second-order valence-corrected chi connectivity index (χ2v) is 5.27. The maximum atomic E-state index is 12.3. The van der Waals surface area contributed by atoms with Crippen molar-refractivity contribution in [3.63, 3.8) is 0 Å². The molecule has 0 bridgehead atoms. The summed E-state index contributed by atoms with van der Waals surface area (Å²) >= 11 is 0. The molecule has 124 valence electrons. The van der Waals surface area contributed by atoms with Crippen LogP contribution < -0.4 is 0 Å². The van der Waals surface area contributed by atoms with E-state index in [1.54, 1.807) is 19.9 Å². The third-order valence-electron chi connectivity index (χ3n) is 3.70. The van der Waals surface area contributed by atoms with Gasteiger partial charge in [-0.15, -0.1) is 0 Å². The van der Waals surface area contributed by atoms with Crippen molar-refractivity contribution in [1.82, 2.24) is 9.97 Å². The van der Waals surface area contributed by atoms with Gasteiger partial charge in [0.05, 0.1) is 12.7 Å². The Kier molecular flexibility index (Phi) is 4.07. The Morgan fingerprint density at radius 3 is 2.67 bits per heavy atom. The second-order valence-electron chi connectivity index (χ2n) is 5.27. The minimum absolute atomic E-state index is 0.0986. The van der Waals surface area contributed by atoms with Gasteiger partial charge < -0.3 is 18.9 Å². The molecule has 1 N–H and O–H groups in total. The number of fused-ring (bicyclic) bond motifs is 1. The molecule has 2 heterocycles. The highest BCUT2D eigenvalue weighted by Crippen LogP contribution is 2.20. The Hall–Kier alpha value is -3.09. The van der Waals surface area contributed by atoms with Crippen molar-refractivity contribution < 1.29 is 23.5 Å². The highest BCUT2D eigenvalue weighted by Gasteiger charge is 2.23.